The van der Waals surface area contributed by atoms with Crippen molar-refractivity contribution in [3.63, 3.8) is 0 Å². The van der Waals surface area contributed by atoms with E-state index in [1.165, 1.54) is 0 Å². The van der Waals surface area contributed by atoms with Crippen LogP contribution in [0.2, 0.25) is 10.0 Å². The minimum absolute atomic E-state index is 0.473. The first-order chi connectivity index (χ1) is 11.1. The fraction of sp³-hybridized carbons (Fsp3) is 0.118. The Balaban J connectivity index is 2.17. The molecule has 0 unspecified atom stereocenters. The molecule has 4 nitrogen and oxygen atoms in total. The normalized spacial score (nSPS) is 10.5. The largest absolute Gasteiger partial charge is 0.333 e. The van der Waals surface area contributed by atoms with Gasteiger partial charge < -0.3 is 4.57 Å². The van der Waals surface area contributed by atoms with E-state index in [0.717, 1.165) is 11.3 Å². The molecule has 6 heteroatoms. The van der Waals surface area contributed by atoms with Crippen molar-refractivity contribution in [2.75, 3.05) is 0 Å². The maximum Gasteiger partial charge on any atom is 0.102 e. The van der Waals surface area contributed by atoms with Gasteiger partial charge in [-0.3, -0.25) is 4.98 Å². The summed E-state index contributed by atoms with van der Waals surface area (Å²) in [5.41, 5.74) is 3.47. The quantitative estimate of drug-likeness (QED) is 0.704. The van der Waals surface area contributed by atoms with Crippen molar-refractivity contribution in [1.82, 2.24) is 14.5 Å². The molecule has 2 heterocycles. The third-order valence-electron chi connectivity index (χ3n) is 3.44. The maximum atomic E-state index is 9.64. The van der Waals surface area contributed by atoms with Gasteiger partial charge >= 0.3 is 0 Å². The highest BCUT2D eigenvalue weighted by atomic mass is 35.5. The predicted molar refractivity (Wildman–Crippen MR) is 90.5 cm³/mol. The van der Waals surface area contributed by atoms with Crippen molar-refractivity contribution in [3.8, 4) is 17.3 Å². The Hall–Kier alpha value is -2.35. The zero-order valence-corrected chi connectivity index (χ0v) is 13.8. The highest BCUT2D eigenvalue weighted by Crippen LogP contribution is 2.32. The van der Waals surface area contributed by atoms with Gasteiger partial charge in [0.05, 0.1) is 22.6 Å². The molecule has 0 aliphatic carbocycles. The lowest BCUT2D eigenvalue weighted by Crippen LogP contribution is -2.04. The summed E-state index contributed by atoms with van der Waals surface area (Å²) in [5, 5.41) is 10.7. The summed E-state index contributed by atoms with van der Waals surface area (Å²) in [6, 6.07) is 9.34. The number of imidazole rings is 1. The topological polar surface area (TPSA) is 54.5 Å². The minimum Gasteiger partial charge on any atom is -0.333 e. The summed E-state index contributed by atoms with van der Waals surface area (Å²) in [4.78, 5) is 8.55. The zero-order valence-electron chi connectivity index (χ0n) is 12.3. The Morgan fingerprint density at radius 2 is 2.09 bits per heavy atom. The van der Waals surface area contributed by atoms with Gasteiger partial charge in [-0.05, 0) is 36.8 Å². The maximum absolute atomic E-state index is 9.64. The van der Waals surface area contributed by atoms with Crippen LogP contribution in [0, 0.1) is 18.3 Å². The van der Waals surface area contributed by atoms with Crippen LogP contribution in [-0.2, 0) is 6.54 Å². The van der Waals surface area contributed by atoms with Crippen molar-refractivity contribution in [2.24, 2.45) is 0 Å². The number of nitriles is 1. The van der Waals surface area contributed by atoms with Gasteiger partial charge in [-0.2, -0.15) is 5.26 Å². The summed E-state index contributed by atoms with van der Waals surface area (Å²) in [7, 11) is 0. The summed E-state index contributed by atoms with van der Waals surface area (Å²) in [5.74, 6) is 0. The van der Waals surface area contributed by atoms with Crippen molar-refractivity contribution < 1.29 is 0 Å². The Morgan fingerprint density at radius 3 is 2.74 bits per heavy atom. The molecule has 0 radical (unpaired) electrons. The number of pyridine rings is 1. The highest BCUT2D eigenvalue weighted by Gasteiger charge is 2.16. The molecule has 0 fully saturated rings. The Kier molecular flexibility index (Phi) is 4.33. The van der Waals surface area contributed by atoms with E-state index in [1.54, 1.807) is 30.7 Å². The molecule has 0 saturated carbocycles. The van der Waals surface area contributed by atoms with E-state index in [9.17, 15) is 5.26 Å². The van der Waals surface area contributed by atoms with Crippen LogP contribution in [0.15, 0.2) is 43.0 Å². The van der Waals surface area contributed by atoms with Crippen LogP contribution in [-0.4, -0.2) is 14.5 Å². The first-order valence-corrected chi connectivity index (χ1v) is 7.66. The molecule has 2 aromatic heterocycles. The number of hydrogen-bond acceptors (Lipinski definition) is 3. The monoisotopic (exact) mass is 342 g/mol. The second-order valence-corrected chi connectivity index (χ2v) is 5.96. The van der Waals surface area contributed by atoms with Crippen LogP contribution >= 0.6 is 23.2 Å². The number of aryl methyl sites for hydroxylation is 1. The third kappa shape index (κ3) is 3.21. The van der Waals surface area contributed by atoms with Gasteiger partial charge in [-0.15, -0.1) is 0 Å². The van der Waals surface area contributed by atoms with Gasteiger partial charge in [0.15, 0.2) is 0 Å². The number of rotatable bonds is 3. The average molecular weight is 343 g/mol. The van der Waals surface area contributed by atoms with Gasteiger partial charge in [0.1, 0.15) is 6.07 Å². The molecule has 0 spiro atoms. The van der Waals surface area contributed by atoms with E-state index in [1.807, 2.05) is 23.8 Å². The molecular formula is C17H12Cl2N4. The van der Waals surface area contributed by atoms with Crippen LogP contribution in [0.3, 0.4) is 0 Å². The van der Waals surface area contributed by atoms with E-state index >= 15 is 0 Å². The number of hydrogen-bond donors (Lipinski definition) is 0. The molecule has 1 aromatic carbocycles. The standard InChI is InChI=1S/C17H12Cl2N4/c1-11-6-12(9-23-5-4-21-10-23)15(8-20)17(22-11)14-3-2-13(18)7-16(14)19/h2-7,10H,9H2,1H3. The van der Waals surface area contributed by atoms with Gasteiger partial charge in [-0.1, -0.05) is 23.2 Å². The lowest BCUT2D eigenvalue weighted by molar-refractivity contribution is 0.792. The lowest BCUT2D eigenvalue weighted by atomic mass is 10.0. The van der Waals surface area contributed by atoms with Crippen molar-refractivity contribution >= 4 is 23.2 Å². The lowest BCUT2D eigenvalue weighted by Gasteiger charge is -2.12. The van der Waals surface area contributed by atoms with Gasteiger partial charge in [0.2, 0.25) is 0 Å². The fourth-order valence-electron chi connectivity index (χ4n) is 2.44. The average Bonchev–Trinajstić information content (AvgIpc) is 3.00. The summed E-state index contributed by atoms with van der Waals surface area (Å²) >= 11 is 12.2. The number of aromatic nitrogens is 3. The van der Waals surface area contributed by atoms with E-state index in [-0.39, 0.29) is 0 Å². The zero-order chi connectivity index (χ0) is 16.4. The van der Waals surface area contributed by atoms with Crippen molar-refractivity contribution in [1.29, 1.82) is 5.26 Å². The number of nitrogens with zero attached hydrogens (tertiary/aromatic N) is 4. The minimum atomic E-state index is 0.473. The van der Waals surface area contributed by atoms with Crippen molar-refractivity contribution in [2.45, 2.75) is 13.5 Å². The summed E-state index contributed by atoms with van der Waals surface area (Å²) < 4.78 is 1.91. The Morgan fingerprint density at radius 1 is 1.26 bits per heavy atom. The van der Waals surface area contributed by atoms with E-state index < -0.39 is 0 Å². The number of benzene rings is 1. The molecule has 0 N–H and O–H groups in total. The predicted octanol–water partition coefficient (Wildman–Crippen LogP) is 4.48. The molecule has 3 aromatic rings. The molecule has 0 atom stereocenters. The Labute approximate surface area is 143 Å². The molecule has 23 heavy (non-hydrogen) atoms. The molecule has 0 aliphatic heterocycles. The fourth-order valence-corrected chi connectivity index (χ4v) is 2.94. The first kappa shape index (κ1) is 15.5. The second-order valence-electron chi connectivity index (χ2n) is 5.12. The van der Waals surface area contributed by atoms with Crippen LogP contribution < -0.4 is 0 Å². The van der Waals surface area contributed by atoms with E-state index in [0.29, 0.717) is 33.4 Å². The molecule has 3 rings (SSSR count). The van der Waals surface area contributed by atoms with Crippen LogP contribution in [0.4, 0.5) is 0 Å². The third-order valence-corrected chi connectivity index (χ3v) is 3.99. The molecule has 0 bridgehead atoms. The summed E-state index contributed by atoms with van der Waals surface area (Å²) in [6.45, 7) is 2.44. The van der Waals surface area contributed by atoms with Gasteiger partial charge in [0.25, 0.3) is 0 Å². The van der Waals surface area contributed by atoms with Crippen molar-refractivity contribution in [3.05, 3.63) is 69.9 Å². The van der Waals surface area contributed by atoms with Crippen LogP contribution in [0.1, 0.15) is 16.8 Å². The van der Waals surface area contributed by atoms with E-state index in [2.05, 4.69) is 16.0 Å². The summed E-state index contributed by atoms with van der Waals surface area (Å²) in [6.07, 6.45) is 5.27. The molecule has 0 amide bonds. The smallest absolute Gasteiger partial charge is 0.102 e. The second kappa shape index (κ2) is 6.41. The van der Waals surface area contributed by atoms with Crippen LogP contribution in [0.5, 0.6) is 0 Å². The number of halogens is 2. The van der Waals surface area contributed by atoms with Gasteiger partial charge in [0, 0.05) is 35.2 Å². The highest BCUT2D eigenvalue weighted by molar-refractivity contribution is 6.36. The Bertz CT molecular complexity index is 896. The van der Waals surface area contributed by atoms with Gasteiger partial charge in [-0.25, -0.2) is 4.98 Å². The van der Waals surface area contributed by atoms with Crippen LogP contribution in [0.25, 0.3) is 11.3 Å². The molecule has 0 aliphatic rings. The molecule has 114 valence electrons. The molecular weight excluding hydrogens is 331 g/mol. The van der Waals surface area contributed by atoms with E-state index in [4.69, 9.17) is 23.2 Å². The molecule has 0 saturated heterocycles. The first-order valence-electron chi connectivity index (χ1n) is 6.90. The SMILES string of the molecule is Cc1cc(Cn2ccnc2)c(C#N)c(-c2ccc(Cl)cc2Cl)n1.